The average Bonchev–Trinajstić information content (AvgIpc) is 3.21. The number of benzene rings is 1. The van der Waals surface area contributed by atoms with Crippen LogP contribution >= 0.6 is 12.4 Å². The Morgan fingerprint density at radius 1 is 1.08 bits per heavy atom. The Morgan fingerprint density at radius 3 is 2.47 bits per heavy atom. The van der Waals surface area contributed by atoms with Crippen LogP contribution in [0.25, 0.3) is 0 Å². The highest BCUT2D eigenvalue weighted by molar-refractivity contribution is 7.89. The second-order valence-corrected chi connectivity index (χ2v) is 11.9. The zero-order valence-corrected chi connectivity index (χ0v) is 24.3. The van der Waals surface area contributed by atoms with E-state index in [9.17, 15) is 13.2 Å². The standard InChI is InChI=1S/C26H41N5O5S.ClH/c1-4-10-30-18-22-24(27-26(33)25(22)28(3)19-30)21-17-20(8-9-23(21)36-5-2)37(34,35)31-14-12-29(13-15-31)11-6-7-16-32;/h8-9,17,24,32H,4-7,10-16,18-19H2,1-3H3,(H,27,33);1H. The van der Waals surface area contributed by atoms with Crippen LogP contribution in [-0.2, 0) is 14.8 Å². The van der Waals surface area contributed by atoms with Gasteiger partial charge in [0.2, 0.25) is 10.0 Å². The number of piperazine rings is 1. The number of hydrogen-bond acceptors (Lipinski definition) is 8. The van der Waals surface area contributed by atoms with Gasteiger partial charge >= 0.3 is 0 Å². The first-order chi connectivity index (χ1) is 17.8. The molecule has 3 heterocycles. The molecule has 4 rings (SSSR count). The summed E-state index contributed by atoms with van der Waals surface area (Å²) in [6.07, 6.45) is 2.67. The molecule has 2 N–H and O–H groups in total. The number of rotatable bonds is 11. The average molecular weight is 572 g/mol. The number of sulfonamides is 1. The third kappa shape index (κ3) is 6.46. The fraction of sp³-hybridized carbons (Fsp3) is 0.654. The number of carbonyl (C=O) groups is 1. The van der Waals surface area contributed by atoms with Crippen molar-refractivity contribution < 1.29 is 23.1 Å². The van der Waals surface area contributed by atoms with Gasteiger partial charge in [0.1, 0.15) is 11.4 Å². The number of hydrogen-bond donors (Lipinski definition) is 2. The van der Waals surface area contributed by atoms with E-state index in [0.29, 0.717) is 63.0 Å². The number of nitrogens with one attached hydrogen (secondary N) is 1. The van der Waals surface area contributed by atoms with Crippen LogP contribution in [0.5, 0.6) is 5.75 Å². The van der Waals surface area contributed by atoms with E-state index in [4.69, 9.17) is 9.84 Å². The minimum Gasteiger partial charge on any atom is -0.494 e. The van der Waals surface area contributed by atoms with Crippen LogP contribution in [0.4, 0.5) is 0 Å². The Morgan fingerprint density at radius 2 is 1.82 bits per heavy atom. The molecule has 1 amide bonds. The fourth-order valence-corrected chi connectivity index (χ4v) is 6.99. The van der Waals surface area contributed by atoms with Crippen LogP contribution in [0.3, 0.4) is 0 Å². The molecule has 10 nitrogen and oxygen atoms in total. The quantitative estimate of drug-likeness (QED) is 0.386. The summed E-state index contributed by atoms with van der Waals surface area (Å²) in [5.41, 5.74) is 2.31. The van der Waals surface area contributed by atoms with E-state index in [1.807, 2.05) is 18.9 Å². The lowest BCUT2D eigenvalue weighted by Gasteiger charge is -2.35. The number of aliphatic hydroxyl groups excluding tert-OH is 1. The van der Waals surface area contributed by atoms with Gasteiger partial charge < -0.3 is 25.0 Å². The Balaban J connectivity index is 0.00000400. The van der Waals surface area contributed by atoms with Gasteiger partial charge in [0.05, 0.1) is 24.2 Å². The van der Waals surface area contributed by atoms with Crippen molar-refractivity contribution in [2.45, 2.75) is 44.0 Å². The van der Waals surface area contributed by atoms with Crippen molar-refractivity contribution in [3.8, 4) is 5.75 Å². The molecule has 1 aromatic rings. The van der Waals surface area contributed by atoms with Crippen LogP contribution in [0.1, 0.15) is 44.7 Å². The number of halogens is 1. The van der Waals surface area contributed by atoms with Crippen LogP contribution in [0, 0.1) is 0 Å². The van der Waals surface area contributed by atoms with E-state index < -0.39 is 16.1 Å². The van der Waals surface area contributed by atoms with Crippen LogP contribution < -0.4 is 10.1 Å². The molecule has 1 unspecified atom stereocenters. The van der Waals surface area contributed by atoms with Crippen molar-refractivity contribution >= 4 is 28.3 Å². The van der Waals surface area contributed by atoms with Gasteiger partial charge in [-0.2, -0.15) is 4.31 Å². The summed E-state index contributed by atoms with van der Waals surface area (Å²) < 4.78 is 34.7. The first-order valence-electron chi connectivity index (χ1n) is 13.4. The fourth-order valence-electron chi connectivity index (χ4n) is 5.54. The first kappa shape index (κ1) is 30.6. The summed E-state index contributed by atoms with van der Waals surface area (Å²) >= 11 is 0. The molecule has 0 radical (unpaired) electrons. The lowest BCUT2D eigenvalue weighted by Crippen LogP contribution is -2.48. The molecular formula is C26H42ClN5O5S. The summed E-state index contributed by atoms with van der Waals surface area (Å²) in [6, 6.07) is 4.58. The van der Waals surface area contributed by atoms with E-state index in [0.717, 1.165) is 37.9 Å². The number of amides is 1. The van der Waals surface area contributed by atoms with Crippen molar-refractivity contribution in [3.05, 3.63) is 35.0 Å². The minimum absolute atomic E-state index is 0. The van der Waals surface area contributed by atoms with Gasteiger partial charge in [0.25, 0.3) is 5.91 Å². The lowest BCUT2D eigenvalue weighted by molar-refractivity contribution is -0.118. The molecule has 0 bridgehead atoms. The molecule has 1 fully saturated rings. The molecule has 1 atom stereocenters. The number of unbranched alkanes of at least 4 members (excludes halogenated alkanes) is 1. The molecular weight excluding hydrogens is 530 g/mol. The van der Waals surface area contributed by atoms with Crippen LogP contribution in [0.2, 0.25) is 0 Å². The zero-order chi connectivity index (χ0) is 26.6. The third-order valence-corrected chi connectivity index (χ3v) is 9.21. The molecule has 0 saturated carbocycles. The van der Waals surface area contributed by atoms with Gasteiger partial charge in [-0.05, 0) is 63.0 Å². The minimum atomic E-state index is -3.71. The highest BCUT2D eigenvalue weighted by Gasteiger charge is 2.40. The Labute approximate surface area is 233 Å². The molecule has 12 heteroatoms. The molecule has 0 aromatic heterocycles. The van der Waals surface area contributed by atoms with Gasteiger partial charge in [-0.3, -0.25) is 9.69 Å². The van der Waals surface area contributed by atoms with E-state index in [-0.39, 0.29) is 29.8 Å². The highest BCUT2D eigenvalue weighted by Crippen LogP contribution is 2.39. The number of aliphatic hydroxyl groups is 1. The maximum Gasteiger partial charge on any atom is 0.268 e. The number of likely N-dealkylation sites (N-methyl/N-ethyl adjacent to an activating group) is 1. The predicted octanol–water partition coefficient (Wildman–Crippen LogP) is 1.63. The lowest BCUT2D eigenvalue weighted by atomic mass is 9.97. The summed E-state index contributed by atoms with van der Waals surface area (Å²) in [7, 11) is -1.78. The summed E-state index contributed by atoms with van der Waals surface area (Å²) in [6.45, 7) is 9.96. The topological polar surface area (TPSA) is 106 Å². The van der Waals surface area contributed by atoms with Gasteiger partial charge in [-0.25, -0.2) is 8.42 Å². The van der Waals surface area contributed by atoms with Crippen LogP contribution in [0.15, 0.2) is 34.4 Å². The van der Waals surface area contributed by atoms with Gasteiger partial charge in [-0.15, -0.1) is 12.4 Å². The molecule has 38 heavy (non-hydrogen) atoms. The molecule has 3 aliphatic heterocycles. The van der Waals surface area contributed by atoms with E-state index >= 15 is 0 Å². The number of nitrogens with zero attached hydrogens (tertiary/aromatic N) is 4. The van der Waals surface area contributed by atoms with Crippen molar-refractivity contribution in [3.63, 3.8) is 0 Å². The van der Waals surface area contributed by atoms with Crippen molar-refractivity contribution in [1.29, 1.82) is 0 Å². The van der Waals surface area contributed by atoms with Crippen molar-refractivity contribution in [1.82, 2.24) is 24.3 Å². The Bertz CT molecular complexity index is 1110. The van der Waals surface area contributed by atoms with Crippen molar-refractivity contribution in [2.75, 3.05) is 72.7 Å². The number of carbonyl (C=O) groups excluding carboxylic acids is 1. The number of ether oxygens (including phenoxy) is 1. The molecule has 0 spiro atoms. The Hall–Kier alpha value is -1.89. The molecule has 0 aliphatic carbocycles. The SMILES string of the molecule is CCCN1CC2=C(C(=O)NC2c2cc(S(=O)(=O)N3CCN(CCCCO)CC3)ccc2OCC)N(C)C1.Cl. The largest absolute Gasteiger partial charge is 0.494 e. The third-order valence-electron chi connectivity index (χ3n) is 7.31. The predicted molar refractivity (Wildman–Crippen MR) is 149 cm³/mol. The summed E-state index contributed by atoms with van der Waals surface area (Å²) in [5.74, 6) is 0.455. The molecule has 1 aromatic carbocycles. The van der Waals surface area contributed by atoms with E-state index in [1.165, 1.54) is 0 Å². The van der Waals surface area contributed by atoms with Crippen molar-refractivity contribution in [2.24, 2.45) is 0 Å². The van der Waals surface area contributed by atoms with Gasteiger partial charge in [-0.1, -0.05) is 6.92 Å². The molecule has 3 aliphatic rings. The van der Waals surface area contributed by atoms with Gasteiger partial charge in [0.15, 0.2) is 0 Å². The monoisotopic (exact) mass is 571 g/mol. The van der Waals surface area contributed by atoms with E-state index in [1.54, 1.807) is 22.5 Å². The highest BCUT2D eigenvalue weighted by atomic mass is 35.5. The first-order valence-corrected chi connectivity index (χ1v) is 14.8. The second-order valence-electron chi connectivity index (χ2n) is 9.98. The molecule has 1 saturated heterocycles. The smallest absolute Gasteiger partial charge is 0.268 e. The van der Waals surface area contributed by atoms with Crippen LogP contribution in [-0.4, -0.2) is 111 Å². The maximum atomic E-state index is 13.6. The van der Waals surface area contributed by atoms with Gasteiger partial charge in [0, 0.05) is 51.9 Å². The second kappa shape index (κ2) is 13.5. The summed E-state index contributed by atoms with van der Waals surface area (Å²) in [4.78, 5) is 19.7. The summed E-state index contributed by atoms with van der Waals surface area (Å²) in [5, 5.41) is 12.1. The Kier molecular flexibility index (Phi) is 10.8. The zero-order valence-electron chi connectivity index (χ0n) is 22.7. The normalized spacial score (nSPS) is 21.3. The van der Waals surface area contributed by atoms with E-state index in [2.05, 4.69) is 22.0 Å². The molecule has 214 valence electrons. The maximum absolute atomic E-state index is 13.6.